The minimum atomic E-state index is -0.713. The largest absolute Gasteiger partial charge is 0.434 e. The maximum atomic E-state index is 10.7. The van der Waals surface area contributed by atoms with Crippen LogP contribution in [0, 0.1) is 0 Å². The number of nitrogens with zero attached hydrogens (tertiary/aromatic N) is 1. The molecular weight excluding hydrogens is 246 g/mol. The predicted octanol–water partition coefficient (Wildman–Crippen LogP) is 1.29. The highest BCUT2D eigenvalue weighted by atomic mass is 16.4. The number of benzene rings is 1. The third kappa shape index (κ3) is 3.96. The molecule has 0 aliphatic rings. The van der Waals surface area contributed by atoms with E-state index in [0.717, 1.165) is 12.1 Å². The Balaban J connectivity index is 1.83. The van der Waals surface area contributed by atoms with Crippen LogP contribution in [0.3, 0.4) is 0 Å². The molecule has 2 rings (SSSR count). The lowest BCUT2D eigenvalue weighted by Crippen LogP contribution is -2.19. The summed E-state index contributed by atoms with van der Waals surface area (Å²) < 4.78 is 4.75. The van der Waals surface area contributed by atoms with Crippen LogP contribution in [0.5, 0.6) is 0 Å². The van der Waals surface area contributed by atoms with Crippen molar-refractivity contribution in [1.29, 1.82) is 0 Å². The van der Waals surface area contributed by atoms with E-state index in [0.29, 0.717) is 18.7 Å². The Bertz CT molecular complexity index is 559. The summed E-state index contributed by atoms with van der Waals surface area (Å²) in [6, 6.07) is 7.89. The average molecular weight is 263 g/mol. The van der Waals surface area contributed by atoms with E-state index in [2.05, 4.69) is 22.4 Å². The summed E-state index contributed by atoms with van der Waals surface area (Å²) in [5, 5.41) is 18.7. The second-order valence-corrected chi connectivity index (χ2v) is 4.26. The van der Waals surface area contributed by atoms with Crippen LogP contribution in [0.25, 0.3) is 0 Å². The fraction of sp³-hybridized carbons (Fsp3) is 0.385. The molecule has 0 radical (unpaired) electrons. The number of rotatable bonds is 6. The van der Waals surface area contributed by atoms with Gasteiger partial charge in [0.1, 0.15) is 6.23 Å². The molecule has 0 fully saturated rings. The molecule has 1 unspecified atom stereocenters. The number of aliphatic hydroxyl groups is 1. The third-order valence-corrected chi connectivity index (χ3v) is 2.81. The number of anilines is 1. The standard InChI is InChI=1S/C13H17N3O3/c1-2-9-3-5-10(6-4-9)14-11(17)7-8-12-15-16-13(18)19-12/h3-6,11,14,17H,2,7-8H2,1H3,(H,16,18). The Hall–Kier alpha value is -2.08. The van der Waals surface area contributed by atoms with Gasteiger partial charge < -0.3 is 14.8 Å². The molecule has 1 atom stereocenters. The van der Waals surface area contributed by atoms with Crippen LogP contribution in [0.1, 0.15) is 24.8 Å². The normalized spacial score (nSPS) is 12.3. The Kier molecular flexibility index (Phi) is 4.35. The zero-order valence-corrected chi connectivity index (χ0v) is 10.7. The molecule has 1 aromatic heterocycles. The first kappa shape index (κ1) is 13.4. The van der Waals surface area contributed by atoms with Crippen molar-refractivity contribution in [3.8, 4) is 0 Å². The van der Waals surface area contributed by atoms with Crippen molar-refractivity contribution in [2.24, 2.45) is 0 Å². The van der Waals surface area contributed by atoms with E-state index >= 15 is 0 Å². The van der Waals surface area contributed by atoms with Gasteiger partial charge in [-0.25, -0.2) is 9.89 Å². The zero-order valence-electron chi connectivity index (χ0n) is 10.7. The van der Waals surface area contributed by atoms with Gasteiger partial charge in [0.2, 0.25) is 5.89 Å². The highest BCUT2D eigenvalue weighted by molar-refractivity contribution is 5.44. The first-order valence-electron chi connectivity index (χ1n) is 6.25. The molecule has 0 aliphatic carbocycles. The van der Waals surface area contributed by atoms with Crippen molar-refractivity contribution in [1.82, 2.24) is 10.2 Å². The topological polar surface area (TPSA) is 91.1 Å². The highest BCUT2D eigenvalue weighted by Crippen LogP contribution is 2.12. The van der Waals surface area contributed by atoms with E-state index in [1.165, 1.54) is 5.56 Å². The monoisotopic (exact) mass is 263 g/mol. The van der Waals surface area contributed by atoms with Crippen LogP contribution in [0.15, 0.2) is 33.5 Å². The smallest absolute Gasteiger partial charge is 0.393 e. The summed E-state index contributed by atoms with van der Waals surface area (Å²) in [6.07, 6.45) is 1.07. The predicted molar refractivity (Wildman–Crippen MR) is 70.9 cm³/mol. The van der Waals surface area contributed by atoms with Crippen LogP contribution in [-0.4, -0.2) is 21.5 Å². The van der Waals surface area contributed by atoms with Gasteiger partial charge >= 0.3 is 5.76 Å². The number of aromatic nitrogens is 2. The van der Waals surface area contributed by atoms with Gasteiger partial charge in [-0.2, -0.15) is 0 Å². The van der Waals surface area contributed by atoms with Crippen molar-refractivity contribution in [2.45, 2.75) is 32.4 Å². The number of nitrogens with one attached hydrogen (secondary N) is 2. The molecule has 102 valence electrons. The number of hydrogen-bond donors (Lipinski definition) is 3. The van der Waals surface area contributed by atoms with E-state index in [1.54, 1.807) is 0 Å². The second kappa shape index (κ2) is 6.19. The van der Waals surface area contributed by atoms with Gasteiger partial charge in [-0.1, -0.05) is 19.1 Å². The van der Waals surface area contributed by atoms with Crippen LogP contribution in [0.2, 0.25) is 0 Å². The summed E-state index contributed by atoms with van der Waals surface area (Å²) >= 11 is 0. The molecule has 6 nitrogen and oxygen atoms in total. The van der Waals surface area contributed by atoms with Crippen molar-refractivity contribution in [2.75, 3.05) is 5.32 Å². The van der Waals surface area contributed by atoms with Gasteiger partial charge in [0.05, 0.1) is 0 Å². The van der Waals surface area contributed by atoms with Gasteiger partial charge in [-0.15, -0.1) is 5.10 Å². The molecule has 0 aliphatic heterocycles. The fourth-order valence-corrected chi connectivity index (χ4v) is 1.73. The van der Waals surface area contributed by atoms with E-state index in [4.69, 9.17) is 4.42 Å². The van der Waals surface area contributed by atoms with E-state index < -0.39 is 12.0 Å². The Morgan fingerprint density at radius 1 is 1.42 bits per heavy atom. The number of H-pyrrole nitrogens is 1. The summed E-state index contributed by atoms with van der Waals surface area (Å²) in [4.78, 5) is 10.7. The van der Waals surface area contributed by atoms with Crippen molar-refractivity contribution in [3.05, 3.63) is 46.3 Å². The zero-order chi connectivity index (χ0) is 13.7. The molecule has 1 heterocycles. The van der Waals surface area contributed by atoms with Crippen molar-refractivity contribution in [3.63, 3.8) is 0 Å². The number of aryl methyl sites for hydroxylation is 2. The molecule has 3 N–H and O–H groups in total. The lowest BCUT2D eigenvalue weighted by molar-refractivity contribution is 0.190. The van der Waals surface area contributed by atoms with Gasteiger partial charge in [0, 0.05) is 18.5 Å². The van der Waals surface area contributed by atoms with Gasteiger partial charge in [0.25, 0.3) is 0 Å². The first-order valence-corrected chi connectivity index (χ1v) is 6.25. The second-order valence-electron chi connectivity index (χ2n) is 4.26. The number of aromatic amines is 1. The quantitative estimate of drug-likeness (QED) is 0.683. The molecule has 0 bridgehead atoms. The van der Waals surface area contributed by atoms with Crippen LogP contribution >= 0.6 is 0 Å². The molecule has 2 aromatic rings. The Morgan fingerprint density at radius 2 is 2.16 bits per heavy atom. The minimum Gasteiger partial charge on any atom is -0.393 e. The van der Waals surface area contributed by atoms with Crippen molar-refractivity contribution < 1.29 is 9.52 Å². The lowest BCUT2D eigenvalue weighted by Gasteiger charge is -2.13. The summed E-state index contributed by atoms with van der Waals surface area (Å²) in [5.74, 6) is -0.278. The third-order valence-electron chi connectivity index (χ3n) is 2.81. The average Bonchev–Trinajstić information content (AvgIpc) is 2.83. The van der Waals surface area contributed by atoms with Gasteiger partial charge in [0.15, 0.2) is 0 Å². The molecule has 6 heteroatoms. The fourth-order valence-electron chi connectivity index (χ4n) is 1.73. The molecule has 0 saturated heterocycles. The van der Waals surface area contributed by atoms with Crippen LogP contribution in [0.4, 0.5) is 5.69 Å². The summed E-state index contributed by atoms with van der Waals surface area (Å²) in [6.45, 7) is 2.09. The van der Waals surface area contributed by atoms with E-state index in [9.17, 15) is 9.90 Å². The van der Waals surface area contributed by atoms with Crippen molar-refractivity contribution >= 4 is 5.69 Å². The van der Waals surface area contributed by atoms with Crippen LogP contribution < -0.4 is 11.1 Å². The van der Waals surface area contributed by atoms with E-state index in [-0.39, 0.29) is 0 Å². The molecule has 0 saturated carbocycles. The van der Waals surface area contributed by atoms with E-state index in [1.807, 2.05) is 24.3 Å². The maximum Gasteiger partial charge on any atom is 0.434 e. The van der Waals surface area contributed by atoms with Gasteiger partial charge in [-0.3, -0.25) is 0 Å². The maximum absolute atomic E-state index is 10.7. The molecular formula is C13H17N3O3. The first-order chi connectivity index (χ1) is 9.17. The molecule has 0 spiro atoms. The molecule has 19 heavy (non-hydrogen) atoms. The number of hydrogen-bond acceptors (Lipinski definition) is 5. The molecule has 1 aromatic carbocycles. The Labute approximate surface area is 110 Å². The molecule has 0 amide bonds. The summed E-state index contributed by atoms with van der Waals surface area (Å²) in [7, 11) is 0. The Morgan fingerprint density at radius 3 is 2.74 bits per heavy atom. The SMILES string of the molecule is CCc1ccc(NC(O)CCc2n[nH]c(=O)o2)cc1. The minimum absolute atomic E-state index is 0.298. The number of aliphatic hydroxyl groups excluding tert-OH is 1. The lowest BCUT2D eigenvalue weighted by atomic mass is 10.1. The summed E-state index contributed by atoms with van der Waals surface area (Å²) in [5.41, 5.74) is 2.10. The highest BCUT2D eigenvalue weighted by Gasteiger charge is 2.07. The van der Waals surface area contributed by atoms with Crippen LogP contribution in [-0.2, 0) is 12.8 Å². The van der Waals surface area contributed by atoms with Gasteiger partial charge in [-0.05, 0) is 24.1 Å².